The van der Waals surface area contributed by atoms with Crippen LogP contribution in [0, 0.1) is 5.92 Å². The largest absolute Gasteiger partial charge is 0.467 e. The zero-order chi connectivity index (χ0) is 11.5. The summed E-state index contributed by atoms with van der Waals surface area (Å²) in [5.41, 5.74) is -0.950. The van der Waals surface area contributed by atoms with Gasteiger partial charge in [-0.2, -0.15) is 0 Å². The Morgan fingerprint density at radius 3 is 2.50 bits per heavy atom. The third kappa shape index (κ3) is 3.64. The molecule has 0 aliphatic carbocycles. The van der Waals surface area contributed by atoms with E-state index in [0.29, 0.717) is 6.54 Å². The second-order valence-corrected chi connectivity index (χ2v) is 4.30. The molecule has 0 saturated carbocycles. The Labute approximate surface area is 102 Å². The molecule has 6 heteroatoms. The summed E-state index contributed by atoms with van der Waals surface area (Å²) >= 11 is 0. The topological polar surface area (TPSA) is 67.4 Å². The molecular formula is C10H19ClN2O3. The number of carbonyl (C=O) groups excluding carboxylic acids is 2. The summed E-state index contributed by atoms with van der Waals surface area (Å²) in [6.45, 7) is 4.82. The Hall–Kier alpha value is -0.810. The molecule has 1 rings (SSSR count). The van der Waals surface area contributed by atoms with Gasteiger partial charge in [0.1, 0.15) is 5.54 Å². The van der Waals surface area contributed by atoms with E-state index >= 15 is 0 Å². The van der Waals surface area contributed by atoms with Gasteiger partial charge in [0, 0.05) is 6.54 Å². The van der Waals surface area contributed by atoms with Crippen molar-refractivity contribution < 1.29 is 14.3 Å². The van der Waals surface area contributed by atoms with Crippen molar-refractivity contribution in [1.82, 2.24) is 10.6 Å². The maximum Gasteiger partial charge on any atom is 0.330 e. The molecule has 0 unspecified atom stereocenters. The fourth-order valence-corrected chi connectivity index (χ4v) is 1.59. The number of hydrogen-bond donors (Lipinski definition) is 2. The SMILES string of the molecule is COC(=O)C(C)(C)NC(=O)[C@@H]1CCNC1.Cl. The van der Waals surface area contributed by atoms with Gasteiger partial charge in [-0.1, -0.05) is 0 Å². The lowest BCUT2D eigenvalue weighted by Crippen LogP contribution is -2.52. The Morgan fingerprint density at radius 2 is 2.06 bits per heavy atom. The summed E-state index contributed by atoms with van der Waals surface area (Å²) in [6, 6.07) is 0. The first kappa shape index (κ1) is 15.2. The molecule has 1 saturated heterocycles. The van der Waals surface area contributed by atoms with Crippen molar-refractivity contribution in [2.24, 2.45) is 5.92 Å². The van der Waals surface area contributed by atoms with Crippen LogP contribution in [0.15, 0.2) is 0 Å². The van der Waals surface area contributed by atoms with Crippen molar-refractivity contribution in [3.63, 3.8) is 0 Å². The van der Waals surface area contributed by atoms with Crippen LogP contribution in [0.2, 0.25) is 0 Å². The third-order valence-corrected chi connectivity index (χ3v) is 2.56. The minimum Gasteiger partial charge on any atom is -0.467 e. The number of nitrogens with one attached hydrogen (secondary N) is 2. The van der Waals surface area contributed by atoms with Crippen LogP contribution in [0.25, 0.3) is 0 Å². The first-order valence-corrected chi connectivity index (χ1v) is 5.08. The summed E-state index contributed by atoms with van der Waals surface area (Å²) in [5.74, 6) is -0.550. The second-order valence-electron chi connectivity index (χ2n) is 4.30. The lowest BCUT2D eigenvalue weighted by atomic mass is 10.0. The van der Waals surface area contributed by atoms with Gasteiger partial charge in [-0.3, -0.25) is 4.79 Å². The van der Waals surface area contributed by atoms with Gasteiger partial charge in [-0.05, 0) is 26.8 Å². The summed E-state index contributed by atoms with van der Waals surface area (Å²) in [6.07, 6.45) is 0.823. The summed E-state index contributed by atoms with van der Waals surface area (Å²) in [7, 11) is 1.31. The van der Waals surface area contributed by atoms with E-state index in [0.717, 1.165) is 13.0 Å². The van der Waals surface area contributed by atoms with Gasteiger partial charge in [0.05, 0.1) is 13.0 Å². The molecule has 0 aromatic rings. The molecule has 94 valence electrons. The highest BCUT2D eigenvalue weighted by atomic mass is 35.5. The zero-order valence-electron chi connectivity index (χ0n) is 9.83. The van der Waals surface area contributed by atoms with Crippen LogP contribution in [0.4, 0.5) is 0 Å². The van der Waals surface area contributed by atoms with Crippen LogP contribution in [0.5, 0.6) is 0 Å². The molecule has 1 aliphatic rings. The molecule has 0 radical (unpaired) electrons. The number of ether oxygens (including phenoxy) is 1. The number of halogens is 1. The van der Waals surface area contributed by atoms with Gasteiger partial charge in [0.15, 0.2) is 0 Å². The summed E-state index contributed by atoms with van der Waals surface area (Å²) < 4.78 is 4.61. The number of methoxy groups -OCH3 is 1. The molecule has 16 heavy (non-hydrogen) atoms. The van der Waals surface area contributed by atoms with Crippen LogP contribution in [0.1, 0.15) is 20.3 Å². The average Bonchev–Trinajstić information content (AvgIpc) is 2.68. The molecular weight excluding hydrogens is 232 g/mol. The van der Waals surface area contributed by atoms with E-state index in [1.165, 1.54) is 7.11 Å². The first-order chi connectivity index (χ1) is 6.97. The van der Waals surface area contributed by atoms with Gasteiger partial charge in [-0.15, -0.1) is 12.4 Å². The third-order valence-electron chi connectivity index (χ3n) is 2.56. The molecule has 1 amide bonds. The molecule has 0 bridgehead atoms. The first-order valence-electron chi connectivity index (χ1n) is 5.08. The quantitative estimate of drug-likeness (QED) is 0.697. The smallest absolute Gasteiger partial charge is 0.330 e. The van der Waals surface area contributed by atoms with E-state index in [-0.39, 0.29) is 24.2 Å². The zero-order valence-corrected chi connectivity index (χ0v) is 10.6. The monoisotopic (exact) mass is 250 g/mol. The predicted octanol–water partition coefficient (Wildman–Crippen LogP) is 0.0855. The second kappa shape index (κ2) is 6.06. The van der Waals surface area contributed by atoms with Crippen molar-refractivity contribution in [3.05, 3.63) is 0 Å². The van der Waals surface area contributed by atoms with Crippen LogP contribution >= 0.6 is 12.4 Å². The van der Waals surface area contributed by atoms with Gasteiger partial charge in [-0.25, -0.2) is 4.79 Å². The minimum atomic E-state index is -0.950. The fourth-order valence-electron chi connectivity index (χ4n) is 1.59. The highest BCUT2D eigenvalue weighted by Crippen LogP contribution is 2.11. The lowest BCUT2D eigenvalue weighted by Gasteiger charge is -2.24. The molecule has 1 fully saturated rings. The fraction of sp³-hybridized carbons (Fsp3) is 0.800. The van der Waals surface area contributed by atoms with Crippen LogP contribution < -0.4 is 10.6 Å². The van der Waals surface area contributed by atoms with Crippen molar-refractivity contribution in [2.45, 2.75) is 25.8 Å². The Morgan fingerprint density at radius 1 is 1.44 bits per heavy atom. The number of rotatable bonds is 3. The highest BCUT2D eigenvalue weighted by Gasteiger charge is 2.33. The average molecular weight is 251 g/mol. The normalized spacial score (nSPS) is 19.8. The van der Waals surface area contributed by atoms with E-state index in [4.69, 9.17) is 0 Å². The maximum absolute atomic E-state index is 11.7. The van der Waals surface area contributed by atoms with Crippen LogP contribution in [-0.2, 0) is 14.3 Å². The van der Waals surface area contributed by atoms with Crippen molar-refractivity contribution in [1.29, 1.82) is 0 Å². The summed E-state index contributed by atoms with van der Waals surface area (Å²) in [5, 5.41) is 5.80. The van der Waals surface area contributed by atoms with E-state index in [9.17, 15) is 9.59 Å². The van der Waals surface area contributed by atoms with E-state index in [1.54, 1.807) is 13.8 Å². The van der Waals surface area contributed by atoms with Crippen LogP contribution in [0.3, 0.4) is 0 Å². The predicted molar refractivity (Wildman–Crippen MR) is 62.5 cm³/mol. The molecule has 1 heterocycles. The van der Waals surface area contributed by atoms with Gasteiger partial charge in [0.25, 0.3) is 0 Å². The van der Waals surface area contributed by atoms with Crippen molar-refractivity contribution >= 4 is 24.3 Å². The van der Waals surface area contributed by atoms with Crippen molar-refractivity contribution in [3.8, 4) is 0 Å². The summed E-state index contributed by atoms with van der Waals surface area (Å²) in [4.78, 5) is 23.1. The van der Waals surface area contributed by atoms with Gasteiger partial charge >= 0.3 is 5.97 Å². The standard InChI is InChI=1S/C10H18N2O3.ClH/c1-10(2,9(14)15-3)12-8(13)7-4-5-11-6-7;/h7,11H,4-6H2,1-3H3,(H,12,13);1H/t7-;/m1./s1. The molecule has 1 aliphatic heterocycles. The van der Waals surface area contributed by atoms with Crippen LogP contribution in [-0.4, -0.2) is 37.6 Å². The number of carbonyl (C=O) groups is 2. The Balaban J connectivity index is 0.00000225. The van der Waals surface area contributed by atoms with Crippen molar-refractivity contribution in [2.75, 3.05) is 20.2 Å². The molecule has 5 nitrogen and oxygen atoms in total. The maximum atomic E-state index is 11.7. The number of amides is 1. The Bertz CT molecular complexity index is 263. The Kier molecular flexibility index (Phi) is 5.75. The molecule has 0 spiro atoms. The van der Waals surface area contributed by atoms with Gasteiger partial charge in [0.2, 0.25) is 5.91 Å². The molecule has 0 aromatic heterocycles. The van der Waals surface area contributed by atoms with Gasteiger partial charge < -0.3 is 15.4 Å². The minimum absolute atomic E-state index is 0. The number of hydrogen-bond acceptors (Lipinski definition) is 4. The highest BCUT2D eigenvalue weighted by molar-refractivity contribution is 5.88. The molecule has 0 aromatic carbocycles. The number of esters is 1. The lowest BCUT2D eigenvalue weighted by molar-refractivity contribution is -0.149. The molecule has 1 atom stereocenters. The van der Waals surface area contributed by atoms with E-state index in [2.05, 4.69) is 15.4 Å². The molecule has 2 N–H and O–H groups in total. The van der Waals surface area contributed by atoms with E-state index < -0.39 is 11.5 Å². The van der Waals surface area contributed by atoms with E-state index in [1.807, 2.05) is 0 Å².